The van der Waals surface area contributed by atoms with Gasteiger partial charge in [0.2, 0.25) is 0 Å². The van der Waals surface area contributed by atoms with E-state index in [4.69, 9.17) is 4.74 Å². The largest absolute Gasteiger partial charge is 0.489 e. The third-order valence-corrected chi connectivity index (χ3v) is 3.05. The fourth-order valence-electron chi connectivity index (χ4n) is 1.61. The lowest BCUT2D eigenvalue weighted by Crippen LogP contribution is -2.41. The van der Waals surface area contributed by atoms with Crippen molar-refractivity contribution in [3.8, 4) is 5.75 Å². The minimum atomic E-state index is -1.59. The summed E-state index contributed by atoms with van der Waals surface area (Å²) < 4.78 is 14.8. The first-order valence-corrected chi connectivity index (χ1v) is 5.99. The first kappa shape index (κ1) is 15.8. The number of carbonyl (C=O) groups is 2. The Morgan fingerprint density at radius 3 is 2.05 bits per heavy atom. The van der Waals surface area contributed by atoms with Gasteiger partial charge >= 0.3 is 11.9 Å². The van der Waals surface area contributed by atoms with Crippen LogP contribution in [0.2, 0.25) is 0 Å². The molecule has 0 heterocycles. The number of hydrogen-bond acceptors (Lipinski definition) is 5. The van der Waals surface area contributed by atoms with Gasteiger partial charge in [0, 0.05) is 0 Å². The molecule has 0 aliphatic heterocycles. The molecule has 0 amide bonds. The van der Waals surface area contributed by atoms with Crippen LogP contribution in [0.3, 0.4) is 0 Å². The zero-order chi connectivity index (χ0) is 15.2. The minimum absolute atomic E-state index is 0.00468. The first-order valence-electron chi connectivity index (χ1n) is 5.99. The predicted octanol–water partition coefficient (Wildman–Crippen LogP) is 1.97. The number of ether oxygens (including phenoxy) is 3. The first-order chi connectivity index (χ1) is 9.46. The molecule has 0 bridgehead atoms. The topological polar surface area (TPSA) is 61.8 Å². The molecule has 0 fully saturated rings. The third kappa shape index (κ3) is 3.17. The van der Waals surface area contributed by atoms with E-state index in [9.17, 15) is 9.59 Å². The Hall–Kier alpha value is -2.30. The molecular weight excluding hydrogens is 260 g/mol. The highest BCUT2D eigenvalue weighted by atomic mass is 16.5. The van der Waals surface area contributed by atoms with Gasteiger partial charge in [-0.2, -0.15) is 0 Å². The maximum atomic E-state index is 11.8. The van der Waals surface area contributed by atoms with E-state index in [1.807, 2.05) is 18.2 Å². The second-order valence-corrected chi connectivity index (χ2v) is 4.31. The van der Waals surface area contributed by atoms with E-state index in [1.54, 1.807) is 12.1 Å². The van der Waals surface area contributed by atoms with Gasteiger partial charge in [-0.3, -0.25) is 9.59 Å². The number of benzene rings is 1. The SMILES string of the molecule is C=C(COc1ccccc1)C(C)(C(=O)OC)C(=O)OC. The van der Waals surface area contributed by atoms with Crippen molar-refractivity contribution in [1.82, 2.24) is 0 Å². The number of carbonyl (C=O) groups excluding carboxylic acids is 2. The third-order valence-electron chi connectivity index (χ3n) is 3.05. The van der Waals surface area contributed by atoms with Crippen molar-refractivity contribution in [2.24, 2.45) is 5.41 Å². The Balaban J connectivity index is 2.84. The zero-order valence-electron chi connectivity index (χ0n) is 11.8. The van der Waals surface area contributed by atoms with Crippen molar-refractivity contribution in [1.29, 1.82) is 0 Å². The van der Waals surface area contributed by atoms with Crippen LogP contribution in [0.25, 0.3) is 0 Å². The number of rotatable bonds is 6. The summed E-state index contributed by atoms with van der Waals surface area (Å²) >= 11 is 0. The predicted molar refractivity (Wildman–Crippen MR) is 73.2 cm³/mol. The molecule has 0 aromatic heterocycles. The number of esters is 2. The lowest BCUT2D eigenvalue weighted by atomic mass is 9.83. The van der Waals surface area contributed by atoms with Gasteiger partial charge in [0.1, 0.15) is 12.4 Å². The fraction of sp³-hybridized carbons (Fsp3) is 0.333. The van der Waals surface area contributed by atoms with Crippen molar-refractivity contribution in [3.05, 3.63) is 42.5 Å². The van der Waals surface area contributed by atoms with Crippen LogP contribution in [0.4, 0.5) is 0 Å². The highest BCUT2D eigenvalue weighted by Gasteiger charge is 2.46. The van der Waals surface area contributed by atoms with E-state index in [-0.39, 0.29) is 12.2 Å². The lowest BCUT2D eigenvalue weighted by molar-refractivity contribution is -0.164. The molecule has 0 spiro atoms. The summed E-state index contributed by atoms with van der Waals surface area (Å²) in [6, 6.07) is 9.02. The molecule has 0 radical (unpaired) electrons. The molecule has 0 aliphatic carbocycles. The standard InChI is InChI=1S/C15H18O5/c1-11(10-20-12-8-6-5-7-9-12)15(2,13(16)18-3)14(17)19-4/h5-9H,1,10H2,2-4H3. The van der Waals surface area contributed by atoms with E-state index in [1.165, 1.54) is 21.1 Å². The molecule has 1 aromatic rings. The molecule has 1 aromatic carbocycles. The van der Waals surface area contributed by atoms with Gasteiger partial charge in [-0.1, -0.05) is 24.8 Å². The molecular formula is C15H18O5. The molecule has 0 N–H and O–H groups in total. The number of methoxy groups -OCH3 is 2. The molecule has 5 heteroatoms. The normalized spacial score (nSPS) is 10.6. The average molecular weight is 278 g/mol. The van der Waals surface area contributed by atoms with Crippen LogP contribution in [0.1, 0.15) is 6.92 Å². The smallest absolute Gasteiger partial charge is 0.327 e. The molecule has 0 saturated heterocycles. The second kappa shape index (κ2) is 6.75. The fourth-order valence-corrected chi connectivity index (χ4v) is 1.61. The molecule has 0 saturated carbocycles. The van der Waals surface area contributed by atoms with Crippen molar-refractivity contribution >= 4 is 11.9 Å². The van der Waals surface area contributed by atoms with Crippen LogP contribution in [0, 0.1) is 5.41 Å². The maximum Gasteiger partial charge on any atom is 0.327 e. The molecule has 20 heavy (non-hydrogen) atoms. The quantitative estimate of drug-likeness (QED) is 0.452. The lowest BCUT2D eigenvalue weighted by Gasteiger charge is -2.26. The van der Waals surface area contributed by atoms with Crippen molar-refractivity contribution in [2.45, 2.75) is 6.92 Å². The van der Waals surface area contributed by atoms with Gasteiger partial charge < -0.3 is 14.2 Å². The van der Waals surface area contributed by atoms with Crippen LogP contribution in [0.5, 0.6) is 5.75 Å². The van der Waals surface area contributed by atoms with Crippen LogP contribution in [0.15, 0.2) is 42.5 Å². The zero-order valence-corrected chi connectivity index (χ0v) is 11.8. The summed E-state index contributed by atoms with van der Waals surface area (Å²) in [5.74, 6) is -0.845. The van der Waals surface area contributed by atoms with Gasteiger partial charge in [0.05, 0.1) is 14.2 Å². The van der Waals surface area contributed by atoms with Crippen LogP contribution in [-0.4, -0.2) is 32.8 Å². The van der Waals surface area contributed by atoms with Crippen molar-refractivity contribution in [2.75, 3.05) is 20.8 Å². The van der Waals surface area contributed by atoms with Gasteiger partial charge in [0.15, 0.2) is 5.41 Å². The summed E-state index contributed by atoms with van der Waals surface area (Å²) in [6.45, 7) is 5.16. The summed E-state index contributed by atoms with van der Waals surface area (Å²) in [7, 11) is 2.41. The Labute approximate surface area is 118 Å². The Morgan fingerprint density at radius 1 is 1.10 bits per heavy atom. The van der Waals surface area contributed by atoms with Gasteiger partial charge in [0.25, 0.3) is 0 Å². The summed E-state index contributed by atoms with van der Waals surface area (Å²) in [5, 5.41) is 0. The van der Waals surface area contributed by atoms with Crippen LogP contribution in [-0.2, 0) is 19.1 Å². The molecule has 0 unspecified atom stereocenters. The van der Waals surface area contributed by atoms with E-state index < -0.39 is 17.4 Å². The monoisotopic (exact) mass is 278 g/mol. The average Bonchev–Trinajstić information content (AvgIpc) is 2.50. The van der Waals surface area contributed by atoms with Crippen LogP contribution < -0.4 is 4.74 Å². The van der Waals surface area contributed by atoms with E-state index in [0.717, 1.165) is 0 Å². The number of hydrogen-bond donors (Lipinski definition) is 0. The summed E-state index contributed by atoms with van der Waals surface area (Å²) in [5.41, 5.74) is -1.32. The number of para-hydroxylation sites is 1. The highest BCUT2D eigenvalue weighted by molar-refractivity contribution is 6.02. The van der Waals surface area contributed by atoms with E-state index in [0.29, 0.717) is 5.75 Å². The van der Waals surface area contributed by atoms with Crippen molar-refractivity contribution < 1.29 is 23.8 Å². The van der Waals surface area contributed by atoms with E-state index >= 15 is 0 Å². The maximum absolute atomic E-state index is 11.8. The molecule has 0 aliphatic rings. The Kier molecular flexibility index (Phi) is 5.32. The minimum Gasteiger partial charge on any atom is -0.489 e. The van der Waals surface area contributed by atoms with Gasteiger partial charge in [-0.15, -0.1) is 0 Å². The van der Waals surface area contributed by atoms with Gasteiger partial charge in [-0.05, 0) is 24.6 Å². The molecule has 0 atom stereocenters. The Bertz CT molecular complexity index is 476. The van der Waals surface area contributed by atoms with E-state index in [2.05, 4.69) is 16.1 Å². The molecule has 5 nitrogen and oxygen atoms in total. The molecule has 1 rings (SSSR count). The van der Waals surface area contributed by atoms with Crippen molar-refractivity contribution in [3.63, 3.8) is 0 Å². The Morgan fingerprint density at radius 2 is 1.60 bits per heavy atom. The highest BCUT2D eigenvalue weighted by Crippen LogP contribution is 2.29. The molecule has 108 valence electrons. The second-order valence-electron chi connectivity index (χ2n) is 4.31. The summed E-state index contributed by atoms with van der Waals surface area (Å²) in [4.78, 5) is 23.7. The summed E-state index contributed by atoms with van der Waals surface area (Å²) in [6.07, 6.45) is 0. The van der Waals surface area contributed by atoms with Gasteiger partial charge in [-0.25, -0.2) is 0 Å². The van der Waals surface area contributed by atoms with Crippen LogP contribution >= 0.6 is 0 Å².